The molecule has 1 heterocycles. The number of halogens is 1. The number of benzene rings is 1. The predicted molar refractivity (Wildman–Crippen MR) is 68.8 cm³/mol. The average Bonchev–Trinajstić information content (AvgIpc) is 2.78. The number of rotatable bonds is 3. The van der Waals surface area contributed by atoms with Gasteiger partial charge < -0.3 is 10.0 Å². The highest BCUT2D eigenvalue weighted by Gasteiger charge is 2.31. The molecule has 1 aliphatic heterocycles. The molecule has 1 aliphatic rings. The maximum atomic E-state index is 11.0. The molecule has 1 aromatic rings. The van der Waals surface area contributed by atoms with Crippen molar-refractivity contribution in [3.63, 3.8) is 0 Å². The molecule has 0 bridgehead atoms. The summed E-state index contributed by atoms with van der Waals surface area (Å²) in [6, 6.07) is 4.80. The molecular formula is C11H11BrN2O4. The zero-order valence-electron chi connectivity index (χ0n) is 9.38. The normalized spacial score (nSPS) is 18.9. The number of hydrogen-bond acceptors (Lipinski definition) is 4. The van der Waals surface area contributed by atoms with E-state index in [2.05, 4.69) is 15.9 Å². The number of carboxylic acids is 1. The molecule has 0 aliphatic carbocycles. The van der Waals surface area contributed by atoms with Crippen molar-refractivity contribution in [1.29, 1.82) is 0 Å². The Hall–Kier alpha value is -1.63. The zero-order chi connectivity index (χ0) is 13.3. The summed E-state index contributed by atoms with van der Waals surface area (Å²) < 4.78 is 0.631. The second-order valence-corrected chi connectivity index (χ2v) is 5.08. The summed E-state index contributed by atoms with van der Waals surface area (Å²) in [5.74, 6) is -1.30. The van der Waals surface area contributed by atoms with Gasteiger partial charge in [0.25, 0.3) is 5.69 Å². The van der Waals surface area contributed by atoms with Crippen LogP contribution in [0.15, 0.2) is 22.7 Å². The maximum Gasteiger partial charge on any atom is 0.308 e. The summed E-state index contributed by atoms with van der Waals surface area (Å²) in [7, 11) is 0. The first kappa shape index (κ1) is 12.8. The van der Waals surface area contributed by atoms with Crippen molar-refractivity contribution < 1.29 is 14.8 Å². The van der Waals surface area contributed by atoms with E-state index in [0.29, 0.717) is 29.7 Å². The Morgan fingerprint density at radius 3 is 2.83 bits per heavy atom. The molecule has 1 N–H and O–H groups in total. The Bertz CT molecular complexity index is 506. The molecule has 6 nitrogen and oxygen atoms in total. The Kier molecular flexibility index (Phi) is 3.51. The number of anilines is 1. The van der Waals surface area contributed by atoms with Crippen LogP contribution < -0.4 is 4.90 Å². The Balaban J connectivity index is 2.29. The van der Waals surface area contributed by atoms with Crippen molar-refractivity contribution in [2.45, 2.75) is 6.42 Å². The lowest BCUT2D eigenvalue weighted by molar-refractivity contribution is -0.384. The molecule has 96 valence electrons. The third kappa shape index (κ3) is 2.45. The molecule has 0 spiro atoms. The lowest BCUT2D eigenvalue weighted by Gasteiger charge is -2.17. The second kappa shape index (κ2) is 4.93. The van der Waals surface area contributed by atoms with E-state index in [-0.39, 0.29) is 5.69 Å². The highest BCUT2D eigenvalue weighted by atomic mass is 79.9. The van der Waals surface area contributed by atoms with Gasteiger partial charge in [-0.3, -0.25) is 14.9 Å². The number of carbonyl (C=O) groups is 1. The fraction of sp³-hybridized carbons (Fsp3) is 0.364. The zero-order valence-corrected chi connectivity index (χ0v) is 11.0. The highest BCUT2D eigenvalue weighted by Crippen LogP contribution is 2.34. The van der Waals surface area contributed by atoms with E-state index < -0.39 is 16.8 Å². The smallest absolute Gasteiger partial charge is 0.308 e. The first-order valence-corrected chi connectivity index (χ1v) is 6.20. The van der Waals surface area contributed by atoms with Crippen LogP contribution in [-0.4, -0.2) is 29.1 Å². The molecular weight excluding hydrogens is 304 g/mol. The van der Waals surface area contributed by atoms with Gasteiger partial charge in [-0.25, -0.2) is 0 Å². The van der Waals surface area contributed by atoms with E-state index in [1.807, 2.05) is 0 Å². The van der Waals surface area contributed by atoms with E-state index in [9.17, 15) is 14.9 Å². The molecule has 0 saturated carbocycles. The molecule has 1 saturated heterocycles. The Labute approximate surface area is 111 Å². The van der Waals surface area contributed by atoms with Gasteiger partial charge in [0.05, 0.1) is 10.8 Å². The van der Waals surface area contributed by atoms with Crippen LogP contribution in [-0.2, 0) is 4.79 Å². The van der Waals surface area contributed by atoms with Crippen molar-refractivity contribution in [3.8, 4) is 0 Å². The topological polar surface area (TPSA) is 83.7 Å². The van der Waals surface area contributed by atoms with Gasteiger partial charge in [-0.1, -0.05) is 15.9 Å². The van der Waals surface area contributed by atoms with Crippen LogP contribution >= 0.6 is 15.9 Å². The van der Waals surface area contributed by atoms with Crippen molar-refractivity contribution >= 4 is 33.3 Å². The quantitative estimate of drug-likeness (QED) is 0.683. The van der Waals surface area contributed by atoms with E-state index in [1.165, 1.54) is 6.07 Å². The fourth-order valence-electron chi connectivity index (χ4n) is 2.09. The van der Waals surface area contributed by atoms with Gasteiger partial charge in [0.1, 0.15) is 5.69 Å². The molecule has 0 aromatic heterocycles. The summed E-state index contributed by atoms with van der Waals surface area (Å²) in [4.78, 5) is 23.2. The minimum Gasteiger partial charge on any atom is -0.481 e. The molecule has 7 heteroatoms. The summed E-state index contributed by atoms with van der Waals surface area (Å²) in [5.41, 5.74) is 0.474. The third-order valence-electron chi connectivity index (χ3n) is 3.01. The van der Waals surface area contributed by atoms with Crippen LogP contribution in [0.3, 0.4) is 0 Å². The minimum absolute atomic E-state index is 0.00425. The Morgan fingerprint density at radius 2 is 2.28 bits per heavy atom. The van der Waals surface area contributed by atoms with Gasteiger partial charge in [-0.05, 0) is 18.6 Å². The van der Waals surface area contributed by atoms with E-state index in [4.69, 9.17) is 5.11 Å². The van der Waals surface area contributed by atoms with Crippen molar-refractivity contribution in [2.75, 3.05) is 18.0 Å². The lowest BCUT2D eigenvalue weighted by atomic mass is 10.1. The van der Waals surface area contributed by atoms with Gasteiger partial charge in [0, 0.05) is 23.6 Å². The van der Waals surface area contributed by atoms with Gasteiger partial charge >= 0.3 is 5.97 Å². The summed E-state index contributed by atoms with van der Waals surface area (Å²) in [6.45, 7) is 0.844. The molecule has 0 amide bonds. The first-order valence-electron chi connectivity index (χ1n) is 5.40. The molecule has 1 unspecified atom stereocenters. The number of aliphatic carboxylic acids is 1. The van der Waals surface area contributed by atoms with E-state index in [0.717, 1.165) is 0 Å². The number of nitro benzene ring substituents is 1. The molecule has 18 heavy (non-hydrogen) atoms. The summed E-state index contributed by atoms with van der Waals surface area (Å²) in [5, 5.41) is 19.9. The van der Waals surface area contributed by atoms with Crippen LogP contribution in [0.2, 0.25) is 0 Å². The Morgan fingerprint density at radius 1 is 1.56 bits per heavy atom. The third-order valence-corrected chi connectivity index (χ3v) is 3.51. The number of nitrogens with zero attached hydrogens (tertiary/aromatic N) is 2. The number of nitro groups is 1. The standard InChI is InChI=1S/C11H11BrN2O4/c12-8-1-2-9(10(5-8)14(17)18)13-4-3-7(6-13)11(15)16/h1-2,5,7H,3-4,6H2,(H,15,16). The van der Waals surface area contributed by atoms with Gasteiger partial charge in [-0.2, -0.15) is 0 Å². The number of carboxylic acid groups (broad SMARTS) is 1. The van der Waals surface area contributed by atoms with Crippen molar-refractivity contribution in [2.24, 2.45) is 5.92 Å². The fourth-order valence-corrected chi connectivity index (χ4v) is 2.44. The largest absolute Gasteiger partial charge is 0.481 e. The van der Waals surface area contributed by atoms with Crippen molar-refractivity contribution in [3.05, 3.63) is 32.8 Å². The highest BCUT2D eigenvalue weighted by molar-refractivity contribution is 9.10. The molecule has 0 radical (unpaired) electrons. The van der Waals surface area contributed by atoms with Crippen LogP contribution in [0.25, 0.3) is 0 Å². The summed E-state index contributed by atoms with van der Waals surface area (Å²) >= 11 is 3.19. The molecule has 1 atom stereocenters. The van der Waals surface area contributed by atoms with E-state index >= 15 is 0 Å². The SMILES string of the molecule is O=C(O)C1CCN(c2ccc(Br)cc2[N+](=O)[O-])C1. The maximum absolute atomic E-state index is 11.0. The van der Waals surface area contributed by atoms with Gasteiger partial charge in [-0.15, -0.1) is 0 Å². The molecule has 1 fully saturated rings. The van der Waals surface area contributed by atoms with Crippen LogP contribution in [0.1, 0.15) is 6.42 Å². The molecule has 2 rings (SSSR count). The first-order chi connectivity index (χ1) is 8.49. The van der Waals surface area contributed by atoms with Crippen LogP contribution in [0, 0.1) is 16.0 Å². The minimum atomic E-state index is -0.850. The molecule has 1 aromatic carbocycles. The average molecular weight is 315 g/mol. The van der Waals surface area contributed by atoms with Crippen LogP contribution in [0.5, 0.6) is 0 Å². The number of hydrogen-bond donors (Lipinski definition) is 1. The van der Waals surface area contributed by atoms with Crippen molar-refractivity contribution in [1.82, 2.24) is 0 Å². The van der Waals surface area contributed by atoms with Gasteiger partial charge in [0.15, 0.2) is 0 Å². The monoisotopic (exact) mass is 314 g/mol. The lowest BCUT2D eigenvalue weighted by Crippen LogP contribution is -2.23. The van der Waals surface area contributed by atoms with E-state index in [1.54, 1.807) is 17.0 Å². The second-order valence-electron chi connectivity index (χ2n) is 4.16. The predicted octanol–water partition coefficient (Wildman–Crippen LogP) is 2.27. The van der Waals surface area contributed by atoms with Crippen LogP contribution in [0.4, 0.5) is 11.4 Å². The van der Waals surface area contributed by atoms with Gasteiger partial charge in [0.2, 0.25) is 0 Å². The summed E-state index contributed by atoms with van der Waals surface area (Å²) in [6.07, 6.45) is 0.516.